The summed E-state index contributed by atoms with van der Waals surface area (Å²) < 4.78 is 0. The molecule has 0 spiro atoms. The Labute approximate surface area is 64.3 Å². The van der Waals surface area contributed by atoms with E-state index in [2.05, 4.69) is 10.6 Å². The van der Waals surface area contributed by atoms with Gasteiger partial charge in [-0.05, 0) is 19.8 Å². The van der Waals surface area contributed by atoms with Gasteiger partial charge in [-0.25, -0.2) is 0 Å². The highest BCUT2D eigenvalue weighted by Gasteiger charge is 2.46. The minimum atomic E-state index is -0.469. The Morgan fingerprint density at radius 3 is 2.27 bits per heavy atom. The molecular formula is C7H10N2O2. The largest absolute Gasteiger partial charge is 0.333 e. The van der Waals surface area contributed by atoms with Crippen molar-refractivity contribution in [2.24, 2.45) is 5.92 Å². The smallest absolute Gasteiger partial charge is 0.234 e. The number of rotatable bonds is 0. The molecule has 3 rings (SSSR count). The van der Waals surface area contributed by atoms with E-state index in [0.717, 1.165) is 6.42 Å². The highest BCUT2D eigenvalue weighted by molar-refractivity contribution is 6.04. The van der Waals surface area contributed by atoms with Crippen LogP contribution in [-0.2, 0) is 9.59 Å². The third-order valence-corrected chi connectivity index (χ3v) is 2.36. The van der Waals surface area contributed by atoms with Crippen LogP contribution in [0.2, 0.25) is 0 Å². The Balaban J connectivity index is 2.33. The van der Waals surface area contributed by atoms with Crippen LogP contribution in [-0.4, -0.2) is 17.5 Å². The van der Waals surface area contributed by atoms with E-state index >= 15 is 0 Å². The standard InChI is InChI=1S/C7H10N2O2/c1-7-3-2-4(5(10)8-7)6(11)9-7/h4H,2-3H2,1H3,(H,8,10)(H,9,11). The van der Waals surface area contributed by atoms with Gasteiger partial charge in [0, 0.05) is 0 Å². The van der Waals surface area contributed by atoms with E-state index in [4.69, 9.17) is 0 Å². The van der Waals surface area contributed by atoms with Gasteiger partial charge in [0.1, 0.15) is 11.6 Å². The van der Waals surface area contributed by atoms with Gasteiger partial charge in [0.05, 0.1) is 0 Å². The van der Waals surface area contributed by atoms with Crippen molar-refractivity contribution in [2.45, 2.75) is 25.4 Å². The summed E-state index contributed by atoms with van der Waals surface area (Å²) in [5, 5.41) is 5.50. The lowest BCUT2D eigenvalue weighted by Gasteiger charge is -2.44. The predicted octanol–water partition coefficient (Wildman–Crippen LogP) is -0.641. The number of hydrogen-bond acceptors (Lipinski definition) is 2. The van der Waals surface area contributed by atoms with Gasteiger partial charge < -0.3 is 10.6 Å². The molecule has 0 unspecified atom stereocenters. The van der Waals surface area contributed by atoms with E-state index in [-0.39, 0.29) is 11.8 Å². The summed E-state index contributed by atoms with van der Waals surface area (Å²) in [6.07, 6.45) is 1.53. The van der Waals surface area contributed by atoms with Crippen molar-refractivity contribution in [3.63, 3.8) is 0 Å². The fourth-order valence-corrected chi connectivity index (χ4v) is 1.69. The number of carbonyl (C=O) groups is 2. The van der Waals surface area contributed by atoms with Gasteiger partial charge in [-0.15, -0.1) is 0 Å². The summed E-state index contributed by atoms with van der Waals surface area (Å²) in [5.74, 6) is -0.679. The zero-order valence-electron chi connectivity index (χ0n) is 6.31. The van der Waals surface area contributed by atoms with Gasteiger partial charge in [-0.2, -0.15) is 0 Å². The quantitative estimate of drug-likeness (QED) is 0.456. The lowest BCUT2D eigenvalue weighted by molar-refractivity contribution is -0.148. The first kappa shape index (κ1) is 6.64. The molecule has 0 atom stereocenters. The molecule has 0 aliphatic carbocycles. The van der Waals surface area contributed by atoms with E-state index in [1.54, 1.807) is 0 Å². The van der Waals surface area contributed by atoms with Crippen LogP contribution in [0.15, 0.2) is 0 Å². The fraction of sp³-hybridized carbons (Fsp3) is 0.714. The normalized spacial score (nSPS) is 41.7. The van der Waals surface area contributed by atoms with Crippen LogP contribution in [0, 0.1) is 5.92 Å². The number of piperidine rings is 2. The topological polar surface area (TPSA) is 58.2 Å². The van der Waals surface area contributed by atoms with E-state index < -0.39 is 11.6 Å². The van der Waals surface area contributed by atoms with Crippen LogP contribution in [0.3, 0.4) is 0 Å². The van der Waals surface area contributed by atoms with Crippen molar-refractivity contribution in [1.82, 2.24) is 10.6 Å². The summed E-state index contributed by atoms with van der Waals surface area (Å²) in [4.78, 5) is 22.2. The van der Waals surface area contributed by atoms with Crippen LogP contribution < -0.4 is 10.6 Å². The van der Waals surface area contributed by atoms with Crippen LogP contribution in [0.4, 0.5) is 0 Å². The van der Waals surface area contributed by atoms with E-state index in [1.165, 1.54) is 0 Å². The molecule has 4 heteroatoms. The molecule has 3 aliphatic rings. The average molecular weight is 154 g/mol. The Bertz CT molecular complexity index is 219. The molecule has 4 nitrogen and oxygen atoms in total. The molecule has 2 N–H and O–H groups in total. The monoisotopic (exact) mass is 154 g/mol. The van der Waals surface area contributed by atoms with E-state index in [1.807, 2.05) is 6.92 Å². The Kier molecular flexibility index (Phi) is 1.06. The zero-order chi connectivity index (χ0) is 8.06. The Hall–Kier alpha value is -1.06. The SMILES string of the molecule is CC12CCC(C(=O)N1)C(=O)N2. The molecule has 0 radical (unpaired) electrons. The van der Waals surface area contributed by atoms with Gasteiger partial charge in [0.25, 0.3) is 0 Å². The third kappa shape index (κ3) is 0.818. The number of fused-ring (bicyclic) bond motifs is 3. The van der Waals surface area contributed by atoms with Crippen molar-refractivity contribution < 1.29 is 9.59 Å². The molecule has 3 saturated heterocycles. The van der Waals surface area contributed by atoms with Gasteiger partial charge >= 0.3 is 0 Å². The summed E-state index contributed by atoms with van der Waals surface area (Å²) in [5.41, 5.74) is -0.469. The first-order valence-corrected chi connectivity index (χ1v) is 3.75. The predicted molar refractivity (Wildman–Crippen MR) is 37.4 cm³/mol. The number of carbonyl (C=O) groups excluding carboxylic acids is 2. The molecule has 0 aromatic rings. The van der Waals surface area contributed by atoms with Gasteiger partial charge in [0.15, 0.2) is 0 Å². The van der Waals surface area contributed by atoms with E-state index in [0.29, 0.717) is 6.42 Å². The van der Waals surface area contributed by atoms with E-state index in [9.17, 15) is 9.59 Å². The minimum absolute atomic E-state index is 0.123. The molecule has 0 saturated carbocycles. The molecule has 3 aliphatic heterocycles. The number of hydrogen-bond donors (Lipinski definition) is 2. The summed E-state index contributed by atoms with van der Waals surface area (Å²) in [7, 11) is 0. The van der Waals surface area contributed by atoms with Gasteiger partial charge in [-0.3, -0.25) is 9.59 Å². The second-order valence-electron chi connectivity index (χ2n) is 3.40. The lowest BCUT2D eigenvalue weighted by Crippen LogP contribution is -2.70. The summed E-state index contributed by atoms with van der Waals surface area (Å²) >= 11 is 0. The van der Waals surface area contributed by atoms with Crippen LogP contribution in [0.5, 0.6) is 0 Å². The maximum Gasteiger partial charge on any atom is 0.234 e. The first-order chi connectivity index (χ1) is 5.11. The first-order valence-electron chi connectivity index (χ1n) is 3.75. The molecule has 0 aromatic heterocycles. The second kappa shape index (κ2) is 1.75. The molecule has 3 heterocycles. The maximum absolute atomic E-state index is 11.1. The van der Waals surface area contributed by atoms with Gasteiger partial charge in [-0.1, -0.05) is 0 Å². The molecular weight excluding hydrogens is 144 g/mol. The van der Waals surface area contributed by atoms with Crippen molar-refractivity contribution >= 4 is 11.8 Å². The van der Waals surface area contributed by atoms with Crippen molar-refractivity contribution in [2.75, 3.05) is 0 Å². The van der Waals surface area contributed by atoms with Crippen molar-refractivity contribution in [1.29, 1.82) is 0 Å². The van der Waals surface area contributed by atoms with Crippen molar-refractivity contribution in [3.05, 3.63) is 0 Å². The molecule has 3 fully saturated rings. The third-order valence-electron chi connectivity index (χ3n) is 2.36. The number of nitrogens with one attached hydrogen (secondary N) is 2. The Morgan fingerprint density at radius 1 is 1.36 bits per heavy atom. The van der Waals surface area contributed by atoms with Gasteiger partial charge in [0.2, 0.25) is 11.8 Å². The molecule has 60 valence electrons. The van der Waals surface area contributed by atoms with Crippen LogP contribution >= 0.6 is 0 Å². The van der Waals surface area contributed by atoms with Crippen LogP contribution in [0.1, 0.15) is 19.8 Å². The lowest BCUT2D eigenvalue weighted by atomic mass is 9.85. The zero-order valence-corrected chi connectivity index (χ0v) is 6.31. The molecule has 2 amide bonds. The summed E-state index contributed by atoms with van der Waals surface area (Å²) in [6.45, 7) is 1.83. The number of amides is 2. The molecule has 2 bridgehead atoms. The fourth-order valence-electron chi connectivity index (χ4n) is 1.69. The maximum atomic E-state index is 11.1. The summed E-state index contributed by atoms with van der Waals surface area (Å²) in [6, 6.07) is 0. The van der Waals surface area contributed by atoms with Crippen molar-refractivity contribution in [3.8, 4) is 0 Å². The average Bonchev–Trinajstić information content (AvgIpc) is 1.83. The highest BCUT2D eigenvalue weighted by Crippen LogP contribution is 2.27. The molecule has 0 aromatic carbocycles. The van der Waals surface area contributed by atoms with Crippen LogP contribution in [0.25, 0.3) is 0 Å². The molecule has 11 heavy (non-hydrogen) atoms. The second-order valence-corrected chi connectivity index (χ2v) is 3.40. The minimum Gasteiger partial charge on any atom is -0.333 e. The highest BCUT2D eigenvalue weighted by atomic mass is 16.2. The Morgan fingerprint density at radius 2 is 1.91 bits per heavy atom.